The molecule has 2 N–H and O–H groups in total. The summed E-state index contributed by atoms with van der Waals surface area (Å²) in [4.78, 5) is 25.2. The van der Waals surface area contributed by atoms with Crippen molar-refractivity contribution in [3.63, 3.8) is 0 Å². The maximum Gasteiger partial charge on any atom is 0.333 e. The van der Waals surface area contributed by atoms with E-state index < -0.39 is 12.1 Å². The van der Waals surface area contributed by atoms with Gasteiger partial charge in [0, 0.05) is 19.2 Å². The number of hydrogen-bond acceptors (Lipinski definition) is 5. The molecule has 0 bridgehead atoms. The molecule has 1 amide bonds. The molecule has 1 atom stereocenters. The molecule has 0 saturated carbocycles. The predicted molar refractivity (Wildman–Crippen MR) is 100 cm³/mol. The number of fused-ring (bicyclic) bond motifs is 1. The summed E-state index contributed by atoms with van der Waals surface area (Å²) in [5.41, 5.74) is 2.37. The molecule has 1 unspecified atom stereocenters. The van der Waals surface area contributed by atoms with Gasteiger partial charge in [0.25, 0.3) is 5.91 Å². The van der Waals surface area contributed by atoms with Crippen LogP contribution in [0.5, 0.6) is 5.75 Å². The minimum absolute atomic E-state index is 0.0115. The molecule has 1 heterocycles. The second kappa shape index (κ2) is 8.55. The number of benzene rings is 2. The van der Waals surface area contributed by atoms with Crippen LogP contribution in [0.15, 0.2) is 48.5 Å². The SMILES string of the molecule is COC(Cc1ccc(OCCN2CNc3ccccc3C2=O)cc1)C(=O)O. The summed E-state index contributed by atoms with van der Waals surface area (Å²) in [6, 6.07) is 14.6. The number of anilines is 1. The van der Waals surface area contributed by atoms with E-state index in [4.69, 9.17) is 14.6 Å². The van der Waals surface area contributed by atoms with Gasteiger partial charge in [0.05, 0.1) is 18.8 Å². The number of ether oxygens (including phenoxy) is 2. The standard InChI is InChI=1S/C20H22N2O5/c1-26-18(20(24)25)12-14-6-8-15(9-7-14)27-11-10-22-13-21-17-5-3-2-4-16(17)19(22)23/h2-9,18,21H,10-13H2,1H3,(H,24,25). The fraction of sp³-hybridized carbons (Fsp3) is 0.300. The number of nitrogens with one attached hydrogen (secondary N) is 1. The van der Waals surface area contributed by atoms with Gasteiger partial charge in [-0.25, -0.2) is 4.79 Å². The number of hydrogen-bond donors (Lipinski definition) is 2. The van der Waals surface area contributed by atoms with Crippen molar-refractivity contribution in [2.24, 2.45) is 0 Å². The van der Waals surface area contributed by atoms with Crippen LogP contribution in [0.4, 0.5) is 5.69 Å². The topological polar surface area (TPSA) is 88.1 Å². The summed E-state index contributed by atoms with van der Waals surface area (Å²) in [5.74, 6) is -0.331. The third-order valence-electron chi connectivity index (χ3n) is 4.44. The summed E-state index contributed by atoms with van der Waals surface area (Å²) < 4.78 is 10.6. The van der Waals surface area contributed by atoms with E-state index in [-0.39, 0.29) is 5.91 Å². The van der Waals surface area contributed by atoms with Crippen LogP contribution in [0.1, 0.15) is 15.9 Å². The predicted octanol–water partition coefficient (Wildman–Crippen LogP) is 2.23. The third kappa shape index (κ3) is 4.57. The van der Waals surface area contributed by atoms with E-state index in [1.807, 2.05) is 30.3 Å². The number of nitrogens with zero attached hydrogens (tertiary/aromatic N) is 1. The molecule has 7 heteroatoms. The Kier molecular flexibility index (Phi) is 5.93. The summed E-state index contributed by atoms with van der Waals surface area (Å²) in [6.07, 6.45) is -0.573. The van der Waals surface area contributed by atoms with E-state index in [1.54, 1.807) is 23.1 Å². The minimum atomic E-state index is -0.987. The first-order chi connectivity index (χ1) is 13.1. The summed E-state index contributed by atoms with van der Waals surface area (Å²) in [5, 5.41) is 12.2. The van der Waals surface area contributed by atoms with Gasteiger partial charge in [0.15, 0.2) is 6.10 Å². The number of carbonyl (C=O) groups is 2. The van der Waals surface area contributed by atoms with Crippen molar-refractivity contribution in [1.29, 1.82) is 0 Å². The molecule has 1 aliphatic rings. The smallest absolute Gasteiger partial charge is 0.333 e. The average Bonchev–Trinajstić information content (AvgIpc) is 2.69. The summed E-state index contributed by atoms with van der Waals surface area (Å²) >= 11 is 0. The first-order valence-corrected chi connectivity index (χ1v) is 8.68. The van der Waals surface area contributed by atoms with Gasteiger partial charge in [-0.2, -0.15) is 0 Å². The van der Waals surface area contributed by atoms with E-state index in [0.717, 1.165) is 11.3 Å². The van der Waals surface area contributed by atoms with E-state index in [0.29, 0.717) is 37.6 Å². The fourth-order valence-corrected chi connectivity index (χ4v) is 2.91. The first kappa shape index (κ1) is 18.7. The van der Waals surface area contributed by atoms with Gasteiger partial charge < -0.3 is 24.8 Å². The Balaban J connectivity index is 1.50. The second-order valence-corrected chi connectivity index (χ2v) is 6.21. The Morgan fingerprint density at radius 2 is 1.96 bits per heavy atom. The molecule has 1 aliphatic heterocycles. The minimum Gasteiger partial charge on any atom is -0.492 e. The molecule has 0 aliphatic carbocycles. The van der Waals surface area contributed by atoms with Gasteiger partial charge >= 0.3 is 5.97 Å². The van der Waals surface area contributed by atoms with E-state index in [1.165, 1.54) is 7.11 Å². The van der Waals surface area contributed by atoms with Crippen molar-refractivity contribution in [3.8, 4) is 5.75 Å². The highest BCUT2D eigenvalue weighted by molar-refractivity contribution is 6.01. The number of carboxylic acids is 1. The van der Waals surface area contributed by atoms with Crippen molar-refractivity contribution >= 4 is 17.6 Å². The second-order valence-electron chi connectivity index (χ2n) is 6.21. The van der Waals surface area contributed by atoms with Gasteiger partial charge in [-0.3, -0.25) is 4.79 Å². The van der Waals surface area contributed by atoms with Gasteiger partial charge in [-0.05, 0) is 29.8 Å². The highest BCUT2D eigenvalue weighted by atomic mass is 16.5. The van der Waals surface area contributed by atoms with Crippen LogP contribution in [0.25, 0.3) is 0 Å². The Morgan fingerprint density at radius 1 is 1.22 bits per heavy atom. The molecular formula is C20H22N2O5. The third-order valence-corrected chi connectivity index (χ3v) is 4.44. The average molecular weight is 370 g/mol. The van der Waals surface area contributed by atoms with Crippen LogP contribution in [-0.2, 0) is 16.0 Å². The molecule has 27 heavy (non-hydrogen) atoms. The van der Waals surface area contributed by atoms with Crippen molar-refractivity contribution < 1.29 is 24.2 Å². The molecule has 142 valence electrons. The number of carboxylic acid groups (broad SMARTS) is 1. The number of para-hydroxylation sites is 1. The van der Waals surface area contributed by atoms with Crippen LogP contribution in [0, 0.1) is 0 Å². The van der Waals surface area contributed by atoms with Crippen molar-refractivity contribution in [2.45, 2.75) is 12.5 Å². The first-order valence-electron chi connectivity index (χ1n) is 8.68. The molecule has 7 nitrogen and oxygen atoms in total. The van der Waals surface area contributed by atoms with E-state index in [2.05, 4.69) is 5.32 Å². The lowest BCUT2D eigenvalue weighted by Gasteiger charge is -2.29. The zero-order valence-corrected chi connectivity index (χ0v) is 15.1. The Morgan fingerprint density at radius 3 is 2.67 bits per heavy atom. The molecule has 0 fully saturated rings. The molecule has 3 rings (SSSR count). The largest absolute Gasteiger partial charge is 0.492 e. The highest BCUT2D eigenvalue weighted by Crippen LogP contribution is 2.21. The maximum absolute atomic E-state index is 12.5. The van der Waals surface area contributed by atoms with Crippen molar-refractivity contribution in [1.82, 2.24) is 4.90 Å². The molecule has 0 spiro atoms. The number of amides is 1. The van der Waals surface area contributed by atoms with Crippen LogP contribution < -0.4 is 10.1 Å². The van der Waals surface area contributed by atoms with Crippen LogP contribution in [0.2, 0.25) is 0 Å². The normalized spacial score (nSPS) is 14.3. The Hall–Kier alpha value is -3.06. The van der Waals surface area contributed by atoms with Gasteiger partial charge in [-0.1, -0.05) is 24.3 Å². The van der Waals surface area contributed by atoms with Crippen LogP contribution in [0.3, 0.4) is 0 Å². The number of methoxy groups -OCH3 is 1. The van der Waals surface area contributed by atoms with Crippen molar-refractivity contribution in [2.75, 3.05) is 32.2 Å². The van der Waals surface area contributed by atoms with Gasteiger partial charge in [-0.15, -0.1) is 0 Å². The Labute approximate surface area is 157 Å². The number of aliphatic carboxylic acids is 1. The molecule has 0 aromatic heterocycles. The van der Waals surface area contributed by atoms with Crippen LogP contribution in [-0.4, -0.2) is 54.9 Å². The zero-order chi connectivity index (χ0) is 19.2. The maximum atomic E-state index is 12.5. The van der Waals surface area contributed by atoms with E-state index >= 15 is 0 Å². The number of carbonyl (C=O) groups excluding carboxylic acids is 1. The molecule has 2 aromatic carbocycles. The molecular weight excluding hydrogens is 348 g/mol. The van der Waals surface area contributed by atoms with Gasteiger partial charge in [0.2, 0.25) is 0 Å². The quantitative estimate of drug-likeness (QED) is 0.741. The Bertz CT molecular complexity index is 806. The molecule has 2 aromatic rings. The molecule has 0 saturated heterocycles. The lowest BCUT2D eigenvalue weighted by molar-refractivity contribution is -0.148. The molecule has 0 radical (unpaired) electrons. The zero-order valence-electron chi connectivity index (χ0n) is 15.1. The van der Waals surface area contributed by atoms with Crippen molar-refractivity contribution in [3.05, 3.63) is 59.7 Å². The van der Waals surface area contributed by atoms with Crippen LogP contribution >= 0.6 is 0 Å². The van der Waals surface area contributed by atoms with Gasteiger partial charge in [0.1, 0.15) is 12.4 Å². The summed E-state index contributed by atoms with van der Waals surface area (Å²) in [6.45, 7) is 1.28. The monoisotopic (exact) mass is 370 g/mol. The van der Waals surface area contributed by atoms with E-state index in [9.17, 15) is 9.59 Å². The highest BCUT2D eigenvalue weighted by Gasteiger charge is 2.23. The number of rotatable bonds is 8. The summed E-state index contributed by atoms with van der Waals surface area (Å²) in [7, 11) is 1.38. The lowest BCUT2D eigenvalue weighted by atomic mass is 10.1. The fourth-order valence-electron chi connectivity index (χ4n) is 2.91. The lowest BCUT2D eigenvalue weighted by Crippen LogP contribution is -2.42.